The van der Waals surface area contributed by atoms with Crippen molar-refractivity contribution >= 4 is 70.0 Å². The number of hydrogen-bond donors (Lipinski definition) is 6. The lowest BCUT2D eigenvalue weighted by Crippen LogP contribution is -2.54. The molecule has 0 spiro atoms. The first-order chi connectivity index (χ1) is 36.5. The van der Waals surface area contributed by atoms with E-state index in [2.05, 4.69) is 32.6 Å². The van der Waals surface area contributed by atoms with E-state index < -0.39 is 36.2 Å². The van der Waals surface area contributed by atoms with Crippen molar-refractivity contribution in [3.63, 3.8) is 0 Å². The Labute approximate surface area is 461 Å². The van der Waals surface area contributed by atoms with Crippen molar-refractivity contribution in [3.8, 4) is 0 Å². The van der Waals surface area contributed by atoms with Crippen LogP contribution in [0.25, 0.3) is 0 Å². The van der Waals surface area contributed by atoms with Crippen molar-refractivity contribution in [1.29, 1.82) is 0 Å². The molecule has 4 heterocycles. The van der Waals surface area contributed by atoms with Gasteiger partial charge in [0, 0.05) is 109 Å². The number of aliphatic hydroxyl groups excluding tert-OH is 4. The predicted molar refractivity (Wildman–Crippen MR) is 285 cm³/mol. The highest BCUT2D eigenvalue weighted by Gasteiger charge is 2.38. The number of hydrogen-bond acceptors (Lipinski definition) is 14. The Hall–Kier alpha value is -4.48. The van der Waals surface area contributed by atoms with E-state index in [1.807, 2.05) is 50.5 Å². The number of nitrogens with one attached hydrogen (secondary N) is 2. The molecule has 0 aliphatic carbocycles. The van der Waals surface area contributed by atoms with Gasteiger partial charge in [-0.3, -0.25) is 19.2 Å². The lowest BCUT2D eigenvalue weighted by atomic mass is 9.84. The summed E-state index contributed by atoms with van der Waals surface area (Å²) in [5.74, 6) is -2.22. The first-order valence-electron chi connectivity index (χ1n) is 25.2. The summed E-state index contributed by atoms with van der Waals surface area (Å²) >= 11 is 25.9. The summed E-state index contributed by atoms with van der Waals surface area (Å²) in [5.41, 5.74) is 9.49. The number of carbonyl (C=O) groups is 4. The SMILES string of the molecule is CN1Cc2c(Cl)cc(Cl)cc2C(c2ccc3c(c2)C(=O)N(CCOCCOCCNC(=O)[C@H](O)[C@H](O)[C@@H](O)[C@@H](O)C(=O)NCCOCCOCCN2Cc4ccc(C5CN(C)Cc6c(Cl)cc(Cl)cc65)cc4C2=O)C3)C1. The summed E-state index contributed by atoms with van der Waals surface area (Å²) in [6.07, 6.45) is -8.72. The number of halogens is 4. The molecule has 0 radical (unpaired) electrons. The molecule has 6 atom stereocenters. The minimum absolute atomic E-state index is 0.0130. The Balaban J connectivity index is 0.638. The second-order valence-electron chi connectivity index (χ2n) is 19.6. The van der Waals surface area contributed by atoms with E-state index >= 15 is 0 Å². The van der Waals surface area contributed by atoms with Gasteiger partial charge in [0.1, 0.15) is 12.2 Å². The summed E-state index contributed by atoms with van der Waals surface area (Å²) < 4.78 is 22.3. The topological polar surface area (TPSA) is 223 Å². The highest BCUT2D eigenvalue weighted by Crippen LogP contribution is 2.41. The molecular formula is C54H64Cl4N6O12. The van der Waals surface area contributed by atoms with Crippen LogP contribution in [0.4, 0.5) is 0 Å². The lowest BCUT2D eigenvalue weighted by Gasteiger charge is -2.33. The predicted octanol–water partition coefficient (Wildman–Crippen LogP) is 3.81. The number of amides is 4. The first kappa shape index (κ1) is 57.7. The van der Waals surface area contributed by atoms with E-state index in [1.54, 1.807) is 21.9 Å². The molecular weight excluding hydrogens is 1070 g/mol. The second-order valence-corrected chi connectivity index (χ2v) is 21.3. The van der Waals surface area contributed by atoms with Crippen molar-refractivity contribution in [2.45, 2.75) is 62.4 Å². The molecule has 4 aliphatic heterocycles. The average molecular weight is 1130 g/mol. The lowest BCUT2D eigenvalue weighted by molar-refractivity contribution is -0.155. The summed E-state index contributed by atoms with van der Waals surface area (Å²) in [6, 6.07) is 19.5. The molecule has 2 unspecified atom stereocenters. The number of ether oxygens (including phenoxy) is 4. The minimum Gasteiger partial charge on any atom is -0.387 e. The van der Waals surface area contributed by atoms with E-state index in [-0.39, 0.29) is 89.6 Å². The van der Waals surface area contributed by atoms with Crippen LogP contribution in [0.2, 0.25) is 20.1 Å². The van der Waals surface area contributed by atoms with E-state index in [0.717, 1.165) is 70.7 Å². The molecule has 0 saturated carbocycles. The fourth-order valence-corrected chi connectivity index (χ4v) is 11.3. The van der Waals surface area contributed by atoms with Crippen molar-refractivity contribution in [3.05, 3.63) is 136 Å². The first-order valence-corrected chi connectivity index (χ1v) is 26.8. The van der Waals surface area contributed by atoms with Gasteiger partial charge in [0.2, 0.25) is 0 Å². The molecule has 410 valence electrons. The average Bonchev–Trinajstić information content (AvgIpc) is 3.91. The van der Waals surface area contributed by atoms with Gasteiger partial charge in [-0.15, -0.1) is 0 Å². The number of likely N-dealkylation sites (N-methyl/N-ethyl adjacent to an activating group) is 2. The monoisotopic (exact) mass is 1130 g/mol. The maximum Gasteiger partial charge on any atom is 0.254 e. The number of aliphatic hydroxyl groups is 4. The number of nitrogens with zero attached hydrogens (tertiary/aromatic N) is 4. The van der Waals surface area contributed by atoms with Crippen LogP contribution in [0.3, 0.4) is 0 Å². The standard InChI is InChI=1S/C54H64Cl4N6O12/c1-61-27-41(39-21-35(55)23-45(57)43(39)29-61)31-3-5-33-25-63(53(71)37(33)19-31)9-13-75-17-15-73-11-7-59-51(69)49(67)47(65)48(66)50(68)52(70)60-8-12-74-16-18-76-14-10-64-26-34-6-4-32(20-38(34)54(64)72)42-28-62(2)30-44-40(42)22-36(56)24-46(44)58/h3-6,19-24,41-42,47-50,65-68H,7-18,25-30H2,1-2H3,(H,59,69)(H,60,70)/t41?,42?,47-,48-,49-,50-/m1/s1. The molecule has 4 aromatic carbocycles. The molecule has 18 nitrogen and oxygen atoms in total. The van der Waals surface area contributed by atoms with Crippen LogP contribution in [0.15, 0.2) is 60.7 Å². The molecule has 0 fully saturated rings. The molecule has 22 heteroatoms. The van der Waals surface area contributed by atoms with Gasteiger partial charge in [-0.2, -0.15) is 0 Å². The molecule has 0 aromatic heterocycles. The summed E-state index contributed by atoms with van der Waals surface area (Å²) in [4.78, 5) is 59.6. The van der Waals surface area contributed by atoms with Crippen molar-refractivity contribution in [1.82, 2.24) is 30.2 Å². The molecule has 4 aromatic rings. The third kappa shape index (κ3) is 13.8. The van der Waals surface area contributed by atoms with E-state index in [9.17, 15) is 39.6 Å². The Bertz CT molecular complexity index is 2570. The highest BCUT2D eigenvalue weighted by atomic mass is 35.5. The van der Waals surface area contributed by atoms with Gasteiger partial charge in [0.15, 0.2) is 12.2 Å². The maximum absolute atomic E-state index is 13.4. The normalized spacial score (nSPS) is 19.0. The van der Waals surface area contributed by atoms with Crippen molar-refractivity contribution in [2.24, 2.45) is 0 Å². The van der Waals surface area contributed by atoms with Crippen LogP contribution in [-0.4, -0.2) is 194 Å². The van der Waals surface area contributed by atoms with Crippen molar-refractivity contribution < 1.29 is 58.6 Å². The Morgan fingerprint density at radius 2 is 0.934 bits per heavy atom. The minimum atomic E-state index is -2.19. The fraction of sp³-hybridized carbons (Fsp3) is 0.481. The third-order valence-electron chi connectivity index (χ3n) is 14.2. The molecule has 6 N–H and O–H groups in total. The van der Waals surface area contributed by atoms with Gasteiger partial charge in [-0.25, -0.2) is 0 Å². The second kappa shape index (κ2) is 26.4. The van der Waals surface area contributed by atoms with Crippen LogP contribution in [0.1, 0.15) is 77.1 Å². The quantitative estimate of drug-likeness (QED) is 0.0520. The van der Waals surface area contributed by atoms with Crippen LogP contribution in [0, 0.1) is 0 Å². The van der Waals surface area contributed by atoms with Gasteiger partial charge in [-0.1, -0.05) is 70.7 Å². The molecule has 76 heavy (non-hydrogen) atoms. The Kier molecular flexibility index (Phi) is 20.1. The Morgan fingerprint density at radius 1 is 0.553 bits per heavy atom. The molecule has 0 saturated heterocycles. The summed E-state index contributed by atoms with van der Waals surface area (Å²) in [6.45, 7) is 5.93. The zero-order chi connectivity index (χ0) is 54.2. The van der Waals surface area contributed by atoms with Gasteiger partial charge in [0.25, 0.3) is 23.6 Å². The number of rotatable bonds is 25. The highest BCUT2D eigenvalue weighted by molar-refractivity contribution is 6.35. The zero-order valence-corrected chi connectivity index (χ0v) is 45.3. The Morgan fingerprint density at radius 3 is 1.33 bits per heavy atom. The number of carbonyl (C=O) groups excluding carboxylic acids is 4. The van der Waals surface area contributed by atoms with Gasteiger partial charge >= 0.3 is 0 Å². The smallest absolute Gasteiger partial charge is 0.254 e. The van der Waals surface area contributed by atoms with Gasteiger partial charge in [-0.05, 0) is 95.0 Å². The molecule has 4 aliphatic rings. The third-order valence-corrected chi connectivity index (χ3v) is 15.3. The number of benzene rings is 4. The van der Waals surface area contributed by atoms with Crippen molar-refractivity contribution in [2.75, 3.05) is 106 Å². The molecule has 4 amide bonds. The molecule has 8 rings (SSSR count). The van der Waals surface area contributed by atoms with Crippen LogP contribution < -0.4 is 10.6 Å². The van der Waals surface area contributed by atoms with Crippen LogP contribution in [0.5, 0.6) is 0 Å². The maximum atomic E-state index is 13.4. The van der Waals surface area contributed by atoms with Gasteiger partial charge in [0.05, 0.1) is 52.9 Å². The largest absolute Gasteiger partial charge is 0.387 e. The number of fused-ring (bicyclic) bond motifs is 4. The van der Waals surface area contributed by atoms with E-state index in [0.29, 0.717) is 57.4 Å². The van der Waals surface area contributed by atoms with Crippen LogP contribution >= 0.6 is 46.4 Å². The molecule has 0 bridgehead atoms. The van der Waals surface area contributed by atoms with E-state index in [4.69, 9.17) is 65.4 Å². The fourth-order valence-electron chi connectivity index (χ4n) is 10.2. The van der Waals surface area contributed by atoms with Crippen LogP contribution in [-0.2, 0) is 54.7 Å². The summed E-state index contributed by atoms with van der Waals surface area (Å²) in [7, 11) is 4.08. The zero-order valence-electron chi connectivity index (χ0n) is 42.3. The summed E-state index contributed by atoms with van der Waals surface area (Å²) in [5, 5.41) is 48.5. The van der Waals surface area contributed by atoms with Gasteiger partial charge < -0.3 is 69.6 Å². The van der Waals surface area contributed by atoms with E-state index in [1.165, 1.54) is 0 Å².